The molecule has 2 saturated heterocycles. The third-order valence-electron chi connectivity index (χ3n) is 5.26. The molecule has 0 aromatic carbocycles. The van der Waals surface area contributed by atoms with Gasteiger partial charge in [0.15, 0.2) is 0 Å². The van der Waals surface area contributed by atoms with E-state index in [-0.39, 0.29) is 0 Å². The molecule has 2 aliphatic rings. The molecule has 0 radical (unpaired) electrons. The van der Waals surface area contributed by atoms with Crippen molar-refractivity contribution in [2.45, 2.75) is 39.2 Å². The number of thiazole rings is 1. The minimum Gasteiger partial charge on any atom is -0.381 e. The minimum absolute atomic E-state index is 0.338. The van der Waals surface area contributed by atoms with Gasteiger partial charge >= 0.3 is 0 Å². The molecule has 2 fully saturated rings. The van der Waals surface area contributed by atoms with E-state index in [0.717, 1.165) is 64.3 Å². The first kappa shape index (κ1) is 17.8. The molecule has 5 nitrogen and oxygen atoms in total. The van der Waals surface area contributed by atoms with Crippen molar-refractivity contribution in [3.8, 4) is 0 Å². The molecule has 3 heterocycles. The summed E-state index contributed by atoms with van der Waals surface area (Å²) in [5.41, 5.74) is 3.06. The van der Waals surface area contributed by atoms with E-state index in [0.29, 0.717) is 24.2 Å². The Morgan fingerprint density at radius 2 is 2.33 bits per heavy atom. The molecule has 0 N–H and O–H groups in total. The Kier molecular flexibility index (Phi) is 6.25. The van der Waals surface area contributed by atoms with Gasteiger partial charge in [0.05, 0.1) is 11.2 Å². The SMILES string of the molecule is Cc1ncsc1CN(C)C[C@@H]1CCN(C(=O)CC[C@H]2CCOC2)C1. The summed E-state index contributed by atoms with van der Waals surface area (Å²) in [6.07, 6.45) is 3.93. The molecule has 1 aromatic rings. The van der Waals surface area contributed by atoms with E-state index in [1.54, 1.807) is 11.3 Å². The highest BCUT2D eigenvalue weighted by atomic mass is 32.1. The Labute approximate surface area is 149 Å². The first-order valence-corrected chi connectivity index (χ1v) is 9.93. The van der Waals surface area contributed by atoms with Gasteiger partial charge in [-0.05, 0) is 45.1 Å². The van der Waals surface area contributed by atoms with Crippen LogP contribution in [0.5, 0.6) is 0 Å². The van der Waals surface area contributed by atoms with Crippen LogP contribution in [0.25, 0.3) is 0 Å². The quantitative estimate of drug-likeness (QED) is 0.757. The fraction of sp³-hybridized carbons (Fsp3) is 0.778. The monoisotopic (exact) mass is 351 g/mol. The van der Waals surface area contributed by atoms with Gasteiger partial charge in [-0.1, -0.05) is 0 Å². The van der Waals surface area contributed by atoms with Gasteiger partial charge in [-0.3, -0.25) is 4.79 Å². The van der Waals surface area contributed by atoms with Crippen LogP contribution in [-0.4, -0.2) is 60.6 Å². The summed E-state index contributed by atoms with van der Waals surface area (Å²) in [4.78, 5) is 22.5. The lowest BCUT2D eigenvalue weighted by Gasteiger charge is -2.21. The standard InChI is InChI=1S/C18H29N3O2S/c1-14-17(24-13-19-14)11-20(2)9-16-5-7-21(10-16)18(22)4-3-15-6-8-23-12-15/h13,15-16H,3-12H2,1-2H3/t15-,16-/m0/s1. The van der Waals surface area contributed by atoms with Gasteiger partial charge in [0, 0.05) is 50.7 Å². The van der Waals surface area contributed by atoms with Crippen molar-refractivity contribution < 1.29 is 9.53 Å². The Morgan fingerprint density at radius 3 is 3.04 bits per heavy atom. The molecule has 1 amide bonds. The van der Waals surface area contributed by atoms with Gasteiger partial charge in [-0.25, -0.2) is 4.98 Å². The molecule has 24 heavy (non-hydrogen) atoms. The second kappa shape index (κ2) is 8.41. The normalized spacial score (nSPS) is 24.2. The fourth-order valence-electron chi connectivity index (χ4n) is 3.73. The molecular formula is C18H29N3O2S. The van der Waals surface area contributed by atoms with Crippen molar-refractivity contribution in [1.82, 2.24) is 14.8 Å². The summed E-state index contributed by atoms with van der Waals surface area (Å²) in [7, 11) is 2.17. The van der Waals surface area contributed by atoms with E-state index < -0.39 is 0 Å². The van der Waals surface area contributed by atoms with Gasteiger partial charge in [0.2, 0.25) is 5.91 Å². The molecule has 0 aliphatic carbocycles. The van der Waals surface area contributed by atoms with Crippen LogP contribution in [0.4, 0.5) is 0 Å². The zero-order valence-electron chi connectivity index (χ0n) is 14.9. The molecule has 3 rings (SSSR count). The van der Waals surface area contributed by atoms with Crippen molar-refractivity contribution in [3.05, 3.63) is 16.1 Å². The molecule has 134 valence electrons. The Morgan fingerprint density at radius 1 is 1.46 bits per heavy atom. The largest absolute Gasteiger partial charge is 0.381 e. The molecule has 1 aromatic heterocycles. The number of hydrogen-bond acceptors (Lipinski definition) is 5. The average molecular weight is 352 g/mol. The molecular weight excluding hydrogens is 322 g/mol. The third kappa shape index (κ3) is 4.77. The summed E-state index contributed by atoms with van der Waals surface area (Å²) < 4.78 is 5.39. The second-order valence-electron chi connectivity index (χ2n) is 7.32. The first-order valence-electron chi connectivity index (χ1n) is 9.05. The van der Waals surface area contributed by atoms with Crippen molar-refractivity contribution in [1.29, 1.82) is 0 Å². The zero-order chi connectivity index (χ0) is 16.9. The van der Waals surface area contributed by atoms with Crippen LogP contribution in [0, 0.1) is 18.8 Å². The maximum Gasteiger partial charge on any atom is 0.222 e. The van der Waals surface area contributed by atoms with Gasteiger partial charge < -0.3 is 14.5 Å². The number of carbonyl (C=O) groups is 1. The van der Waals surface area contributed by atoms with Gasteiger partial charge in [0.25, 0.3) is 0 Å². The van der Waals surface area contributed by atoms with E-state index in [2.05, 4.69) is 28.8 Å². The van der Waals surface area contributed by atoms with Gasteiger partial charge in [0.1, 0.15) is 0 Å². The van der Waals surface area contributed by atoms with Crippen molar-refractivity contribution in [2.24, 2.45) is 11.8 Å². The van der Waals surface area contributed by atoms with Crippen LogP contribution in [0.3, 0.4) is 0 Å². The summed E-state index contributed by atoms with van der Waals surface area (Å²) in [6, 6.07) is 0. The maximum absolute atomic E-state index is 12.4. The number of amides is 1. The van der Waals surface area contributed by atoms with Crippen LogP contribution in [0.2, 0.25) is 0 Å². The number of aromatic nitrogens is 1. The second-order valence-corrected chi connectivity index (χ2v) is 8.26. The van der Waals surface area contributed by atoms with E-state index in [1.807, 2.05) is 5.51 Å². The summed E-state index contributed by atoms with van der Waals surface area (Å²) >= 11 is 1.73. The smallest absolute Gasteiger partial charge is 0.222 e. The fourth-order valence-corrected chi connectivity index (χ4v) is 4.59. The predicted molar refractivity (Wildman–Crippen MR) is 96.0 cm³/mol. The van der Waals surface area contributed by atoms with Crippen molar-refractivity contribution in [2.75, 3.05) is 39.9 Å². The lowest BCUT2D eigenvalue weighted by atomic mass is 10.0. The van der Waals surface area contributed by atoms with Gasteiger partial charge in [-0.2, -0.15) is 0 Å². The predicted octanol–water partition coefficient (Wildman–Crippen LogP) is 2.55. The van der Waals surface area contributed by atoms with E-state index in [4.69, 9.17) is 4.74 Å². The average Bonchev–Trinajstić information content (AvgIpc) is 3.28. The Bertz CT molecular complexity index is 542. The lowest BCUT2D eigenvalue weighted by Crippen LogP contribution is -2.31. The Balaban J connectivity index is 1.38. The molecule has 0 saturated carbocycles. The van der Waals surface area contributed by atoms with E-state index >= 15 is 0 Å². The molecule has 0 unspecified atom stereocenters. The first-order chi connectivity index (χ1) is 11.6. The minimum atomic E-state index is 0.338. The van der Waals surface area contributed by atoms with Crippen molar-refractivity contribution in [3.63, 3.8) is 0 Å². The molecule has 0 bridgehead atoms. The van der Waals surface area contributed by atoms with E-state index in [9.17, 15) is 4.79 Å². The number of hydrogen-bond donors (Lipinski definition) is 0. The van der Waals surface area contributed by atoms with Gasteiger partial charge in [-0.15, -0.1) is 11.3 Å². The summed E-state index contributed by atoms with van der Waals surface area (Å²) in [6.45, 7) is 7.66. The number of nitrogens with zero attached hydrogens (tertiary/aromatic N) is 3. The molecule has 6 heteroatoms. The summed E-state index contributed by atoms with van der Waals surface area (Å²) in [5, 5.41) is 0. The molecule has 2 aliphatic heterocycles. The zero-order valence-corrected chi connectivity index (χ0v) is 15.7. The number of carbonyl (C=O) groups excluding carboxylic acids is 1. The van der Waals surface area contributed by atoms with Crippen LogP contribution < -0.4 is 0 Å². The number of rotatable bonds is 7. The highest BCUT2D eigenvalue weighted by Crippen LogP contribution is 2.23. The highest BCUT2D eigenvalue weighted by molar-refractivity contribution is 7.09. The van der Waals surface area contributed by atoms with Crippen LogP contribution in [0.15, 0.2) is 5.51 Å². The van der Waals surface area contributed by atoms with E-state index in [1.165, 1.54) is 4.88 Å². The van der Waals surface area contributed by atoms with Crippen LogP contribution in [0.1, 0.15) is 36.3 Å². The van der Waals surface area contributed by atoms with Crippen LogP contribution in [-0.2, 0) is 16.1 Å². The third-order valence-corrected chi connectivity index (χ3v) is 6.18. The molecule has 0 spiro atoms. The number of ether oxygens (including phenoxy) is 1. The topological polar surface area (TPSA) is 45.7 Å². The van der Waals surface area contributed by atoms with Crippen molar-refractivity contribution >= 4 is 17.2 Å². The number of likely N-dealkylation sites (tertiary alicyclic amines) is 1. The lowest BCUT2D eigenvalue weighted by molar-refractivity contribution is -0.130. The number of aryl methyl sites for hydroxylation is 1. The molecule has 2 atom stereocenters. The highest BCUT2D eigenvalue weighted by Gasteiger charge is 2.27. The maximum atomic E-state index is 12.4. The Hall–Kier alpha value is -0.980. The summed E-state index contributed by atoms with van der Waals surface area (Å²) in [5.74, 6) is 1.54. The van der Waals surface area contributed by atoms with Crippen LogP contribution >= 0.6 is 11.3 Å².